The lowest BCUT2D eigenvalue weighted by atomic mass is 9.96. The van der Waals surface area contributed by atoms with E-state index in [4.69, 9.17) is 8.83 Å². The smallest absolute Gasteiger partial charge is 0.507 e. The molecule has 0 aliphatic heterocycles. The van der Waals surface area contributed by atoms with Gasteiger partial charge in [0, 0.05) is 43.8 Å². The minimum Gasteiger partial charge on any atom is -0.507 e. The highest BCUT2D eigenvalue weighted by Gasteiger charge is 2.32. The lowest BCUT2D eigenvalue weighted by Gasteiger charge is -2.14. The Morgan fingerprint density at radius 3 is 1.41 bits per heavy atom. The molecule has 0 spiro atoms. The Kier molecular flexibility index (Phi) is 8.79. The van der Waals surface area contributed by atoms with Crippen LogP contribution in [0.2, 0.25) is 0 Å². The van der Waals surface area contributed by atoms with Crippen molar-refractivity contribution in [3.05, 3.63) is 120 Å². The summed E-state index contributed by atoms with van der Waals surface area (Å²) in [6.45, 7) is 3.70. The van der Waals surface area contributed by atoms with E-state index in [1.807, 2.05) is 31.2 Å². The van der Waals surface area contributed by atoms with Crippen LogP contribution in [-0.4, -0.2) is 22.9 Å². The van der Waals surface area contributed by atoms with Crippen LogP contribution in [0, 0.1) is 25.5 Å². The summed E-state index contributed by atoms with van der Waals surface area (Å²) in [7, 11) is 0. The van der Waals surface area contributed by atoms with Crippen LogP contribution in [0.15, 0.2) is 106 Å². The second kappa shape index (κ2) is 13.2. The van der Waals surface area contributed by atoms with Crippen LogP contribution in [-0.2, 0) is 0 Å². The Balaban J connectivity index is 0.000000167. The zero-order valence-electron chi connectivity index (χ0n) is 27.8. The molecule has 8 rings (SSSR count). The van der Waals surface area contributed by atoms with E-state index in [2.05, 4.69) is 9.47 Å². The summed E-state index contributed by atoms with van der Waals surface area (Å²) < 4.78 is 122. The quantitative estimate of drug-likeness (QED) is 0.138. The number of rotatable bonds is 4. The summed E-state index contributed by atoms with van der Waals surface area (Å²) in [6, 6.07) is 22.0. The minimum absolute atomic E-state index is 0.00831. The molecule has 8 aromatic rings. The topological polar surface area (TPSA) is 85.2 Å². The molecule has 0 saturated carbocycles. The summed E-state index contributed by atoms with van der Waals surface area (Å²) in [5.41, 5.74) is 3.54. The predicted octanol–water partition coefficient (Wildman–Crippen LogP) is 12.6. The maximum Gasteiger partial charge on any atom is 0.573 e. The average Bonchev–Trinajstić information content (AvgIpc) is 3.62. The van der Waals surface area contributed by atoms with Gasteiger partial charge < -0.3 is 28.5 Å². The van der Waals surface area contributed by atoms with Gasteiger partial charge in [-0.05, 0) is 98.8 Å². The summed E-state index contributed by atoms with van der Waals surface area (Å²) >= 11 is 0. The number of ether oxygens (including phenoxy) is 2. The van der Waals surface area contributed by atoms with Crippen molar-refractivity contribution in [3.63, 3.8) is 0 Å². The predicted molar refractivity (Wildman–Crippen MR) is 184 cm³/mol. The van der Waals surface area contributed by atoms with Crippen LogP contribution in [0.1, 0.15) is 11.1 Å². The molecular weight excluding hydrogens is 728 g/mol. The van der Waals surface area contributed by atoms with Gasteiger partial charge in [0.1, 0.15) is 57.0 Å². The number of phenols is 2. The fraction of sp³-hybridized carbons (Fsp3) is 0.100. The van der Waals surface area contributed by atoms with Gasteiger partial charge in [0.15, 0.2) is 0 Å². The summed E-state index contributed by atoms with van der Waals surface area (Å²) in [6.07, 6.45) is -9.72. The number of hydrogen-bond acceptors (Lipinski definition) is 6. The Morgan fingerprint density at radius 1 is 0.444 bits per heavy atom. The standard InChI is InChI=1S/C20H13F5O3.C20H11F3O3/c1-10-2-4-16(21)12(6-10)14-8-19(27)15(9-18(14)26)13-7-11(3-5-17(13)22)28-20(23,24)25;1-10-2-4-16-12(6-10)14-8-19-15(9-18(14)24-16)13-7-11(26-20(21,22)23)3-5-17(13)25-19/h2-9,26-27H,1H3;2-9H,1H3. The fourth-order valence-electron chi connectivity index (χ4n) is 6.10. The molecule has 0 atom stereocenters. The van der Waals surface area contributed by atoms with Crippen molar-refractivity contribution in [1.82, 2.24) is 0 Å². The Bertz CT molecular complexity index is 2730. The number of aryl methyl sites for hydroxylation is 2. The van der Waals surface area contributed by atoms with Crippen molar-refractivity contribution in [2.75, 3.05) is 0 Å². The van der Waals surface area contributed by atoms with Crippen LogP contribution in [0.3, 0.4) is 0 Å². The molecule has 0 amide bonds. The van der Waals surface area contributed by atoms with Gasteiger partial charge in [0.25, 0.3) is 0 Å². The molecule has 6 aromatic carbocycles. The third-order valence-corrected chi connectivity index (χ3v) is 8.41. The van der Waals surface area contributed by atoms with E-state index in [1.165, 1.54) is 36.4 Å². The molecule has 2 N–H and O–H groups in total. The summed E-state index contributed by atoms with van der Waals surface area (Å²) in [4.78, 5) is 0. The van der Waals surface area contributed by atoms with E-state index >= 15 is 0 Å². The minimum atomic E-state index is -4.98. The molecule has 0 aliphatic carbocycles. The van der Waals surface area contributed by atoms with Gasteiger partial charge in [-0.25, -0.2) is 8.78 Å². The molecule has 6 nitrogen and oxygen atoms in total. The van der Waals surface area contributed by atoms with Crippen molar-refractivity contribution in [2.24, 2.45) is 0 Å². The number of halogens is 8. The van der Waals surface area contributed by atoms with E-state index in [1.54, 1.807) is 13.0 Å². The van der Waals surface area contributed by atoms with Crippen molar-refractivity contribution < 1.29 is 63.6 Å². The first-order chi connectivity index (χ1) is 25.4. The SMILES string of the molecule is Cc1ccc(F)c(-c2cc(O)c(-c3cc(OC(F)(F)F)ccc3F)cc2O)c1.Cc1ccc2oc3cc4c(cc3c2c1)oc1ccc(OC(F)(F)F)cc14. The first-order valence-electron chi connectivity index (χ1n) is 15.9. The van der Waals surface area contributed by atoms with Gasteiger partial charge >= 0.3 is 12.7 Å². The Labute approximate surface area is 299 Å². The van der Waals surface area contributed by atoms with Crippen LogP contribution in [0.5, 0.6) is 23.0 Å². The van der Waals surface area contributed by atoms with E-state index < -0.39 is 47.2 Å². The average molecular weight is 753 g/mol. The molecule has 0 unspecified atom stereocenters. The van der Waals surface area contributed by atoms with Gasteiger partial charge in [-0.15, -0.1) is 26.3 Å². The molecule has 54 heavy (non-hydrogen) atoms. The highest BCUT2D eigenvalue weighted by atomic mass is 19.4. The lowest BCUT2D eigenvalue weighted by molar-refractivity contribution is -0.275. The highest BCUT2D eigenvalue weighted by molar-refractivity contribution is 6.15. The van der Waals surface area contributed by atoms with Gasteiger partial charge in [0.2, 0.25) is 0 Å². The number of aromatic hydroxyl groups is 2. The van der Waals surface area contributed by atoms with Crippen molar-refractivity contribution in [1.29, 1.82) is 0 Å². The van der Waals surface area contributed by atoms with E-state index in [0.29, 0.717) is 33.1 Å². The van der Waals surface area contributed by atoms with Crippen LogP contribution >= 0.6 is 0 Å². The zero-order chi connectivity index (χ0) is 38.7. The van der Waals surface area contributed by atoms with Gasteiger partial charge in [-0.3, -0.25) is 0 Å². The molecular formula is C40H24F8O6. The number of fused-ring (bicyclic) bond motifs is 6. The normalized spacial score (nSPS) is 12.0. The van der Waals surface area contributed by atoms with E-state index in [9.17, 15) is 45.3 Å². The molecule has 0 fully saturated rings. The van der Waals surface area contributed by atoms with Crippen LogP contribution in [0.25, 0.3) is 66.1 Å². The Hall–Kier alpha value is -6.44. The monoisotopic (exact) mass is 752 g/mol. The van der Waals surface area contributed by atoms with Gasteiger partial charge in [-0.2, -0.15) is 0 Å². The second-order valence-corrected chi connectivity index (χ2v) is 12.3. The first-order valence-corrected chi connectivity index (χ1v) is 15.9. The van der Waals surface area contributed by atoms with Crippen molar-refractivity contribution >= 4 is 43.9 Å². The van der Waals surface area contributed by atoms with E-state index in [-0.39, 0.29) is 22.4 Å². The van der Waals surface area contributed by atoms with Crippen LogP contribution in [0.4, 0.5) is 35.1 Å². The summed E-state index contributed by atoms with van der Waals surface area (Å²) in [5, 5.41) is 23.7. The van der Waals surface area contributed by atoms with Crippen molar-refractivity contribution in [3.8, 4) is 45.3 Å². The molecule has 0 radical (unpaired) electrons. The van der Waals surface area contributed by atoms with Crippen molar-refractivity contribution in [2.45, 2.75) is 26.6 Å². The molecule has 276 valence electrons. The Morgan fingerprint density at radius 2 is 0.852 bits per heavy atom. The summed E-state index contributed by atoms with van der Waals surface area (Å²) in [5.74, 6) is -3.63. The second-order valence-electron chi connectivity index (χ2n) is 12.3. The third kappa shape index (κ3) is 7.27. The molecule has 0 bridgehead atoms. The maximum atomic E-state index is 14.2. The number of hydrogen-bond donors (Lipinski definition) is 2. The van der Waals surface area contributed by atoms with Gasteiger partial charge in [0.05, 0.1) is 0 Å². The molecule has 2 heterocycles. The van der Waals surface area contributed by atoms with Gasteiger partial charge in [-0.1, -0.05) is 23.3 Å². The number of benzene rings is 6. The molecule has 2 aromatic heterocycles. The molecule has 14 heteroatoms. The number of phenolic OH excluding ortho intramolecular Hbond substituents is 2. The molecule has 0 aliphatic rings. The van der Waals surface area contributed by atoms with Crippen LogP contribution < -0.4 is 9.47 Å². The highest BCUT2D eigenvalue weighted by Crippen LogP contribution is 2.43. The maximum absolute atomic E-state index is 14.2. The molecule has 0 saturated heterocycles. The lowest BCUT2D eigenvalue weighted by Crippen LogP contribution is -2.17. The zero-order valence-corrected chi connectivity index (χ0v) is 27.8. The first kappa shape index (κ1) is 35.9. The third-order valence-electron chi connectivity index (χ3n) is 8.41. The fourth-order valence-corrected chi connectivity index (χ4v) is 6.10. The van der Waals surface area contributed by atoms with E-state index in [0.717, 1.165) is 52.3 Å². The number of furan rings is 2. The number of alkyl halides is 6. The largest absolute Gasteiger partial charge is 0.573 e.